The molecular weight excluding hydrogens is 359 g/mol. The first-order chi connectivity index (χ1) is 12.8. The fourth-order valence-electron chi connectivity index (χ4n) is 2.73. The second kappa shape index (κ2) is 12.0. The van der Waals surface area contributed by atoms with E-state index in [9.17, 15) is 9.18 Å². The maximum Gasteiger partial charge on any atom is 0.414 e. The first-order valence-corrected chi connectivity index (χ1v) is 8.50. The van der Waals surface area contributed by atoms with E-state index in [0.29, 0.717) is 19.0 Å². The summed E-state index contributed by atoms with van der Waals surface area (Å²) in [6, 6.07) is 6.18. The van der Waals surface area contributed by atoms with Crippen LogP contribution >= 0.6 is 0 Å². The van der Waals surface area contributed by atoms with Gasteiger partial charge in [0.1, 0.15) is 5.82 Å². The zero-order valence-corrected chi connectivity index (χ0v) is 15.2. The van der Waals surface area contributed by atoms with Crippen molar-refractivity contribution in [2.45, 2.75) is 19.4 Å². The van der Waals surface area contributed by atoms with Gasteiger partial charge in [0.15, 0.2) is 0 Å². The minimum Gasteiger partial charge on any atom is -0.473 e. The summed E-state index contributed by atoms with van der Waals surface area (Å²) in [5.74, 6) is -3.38. The third-order valence-electron chi connectivity index (χ3n) is 3.96. The number of piperidine rings is 1. The normalized spacial score (nSPS) is 16.7. The van der Waals surface area contributed by atoms with Crippen molar-refractivity contribution in [1.29, 1.82) is 0 Å². The molecule has 1 aromatic carbocycles. The highest BCUT2D eigenvalue weighted by molar-refractivity contribution is 6.27. The summed E-state index contributed by atoms with van der Waals surface area (Å²) in [5.41, 5.74) is 0.903. The zero-order chi connectivity index (χ0) is 20.2. The topological polar surface area (TPSA) is 116 Å². The number of nitrogens with zero attached hydrogens (tertiary/aromatic N) is 1. The molecular formula is C18H25FN2O6. The molecule has 1 amide bonds. The number of methoxy groups -OCH3 is 1. The van der Waals surface area contributed by atoms with Gasteiger partial charge in [-0.1, -0.05) is 12.1 Å². The lowest BCUT2D eigenvalue weighted by molar-refractivity contribution is -0.159. The number of likely N-dealkylation sites (tertiary alicyclic amines) is 1. The van der Waals surface area contributed by atoms with Gasteiger partial charge in [0.25, 0.3) is 0 Å². The van der Waals surface area contributed by atoms with Crippen LogP contribution < -0.4 is 5.32 Å². The van der Waals surface area contributed by atoms with Gasteiger partial charge in [0.2, 0.25) is 5.91 Å². The van der Waals surface area contributed by atoms with Gasteiger partial charge in [-0.05, 0) is 43.0 Å². The molecule has 0 bridgehead atoms. The zero-order valence-electron chi connectivity index (χ0n) is 15.2. The fourth-order valence-corrected chi connectivity index (χ4v) is 2.73. The maximum atomic E-state index is 12.8. The first-order valence-electron chi connectivity index (χ1n) is 8.50. The number of hydrogen-bond acceptors (Lipinski definition) is 5. The molecule has 8 nitrogen and oxygen atoms in total. The van der Waals surface area contributed by atoms with Crippen molar-refractivity contribution >= 4 is 17.8 Å². The van der Waals surface area contributed by atoms with Crippen LogP contribution in [0.5, 0.6) is 0 Å². The van der Waals surface area contributed by atoms with Gasteiger partial charge in [0, 0.05) is 20.2 Å². The molecule has 0 aromatic heterocycles. The number of benzene rings is 1. The third kappa shape index (κ3) is 9.66. The van der Waals surface area contributed by atoms with E-state index in [-0.39, 0.29) is 11.7 Å². The molecule has 0 spiro atoms. The number of halogens is 1. The molecule has 1 fully saturated rings. The molecule has 1 unspecified atom stereocenters. The lowest BCUT2D eigenvalue weighted by atomic mass is 9.99. The second-order valence-electron chi connectivity index (χ2n) is 6.21. The van der Waals surface area contributed by atoms with E-state index in [1.807, 2.05) is 0 Å². The van der Waals surface area contributed by atoms with Crippen molar-refractivity contribution < 1.29 is 33.7 Å². The molecule has 1 atom stereocenters. The van der Waals surface area contributed by atoms with Gasteiger partial charge in [0.05, 0.1) is 13.2 Å². The highest BCUT2D eigenvalue weighted by Gasteiger charge is 2.21. The number of ether oxygens (including phenoxy) is 1. The Bertz CT molecular complexity index is 609. The Kier molecular flexibility index (Phi) is 9.99. The summed E-state index contributed by atoms with van der Waals surface area (Å²) in [6.45, 7) is 3.49. The largest absolute Gasteiger partial charge is 0.473 e. The van der Waals surface area contributed by atoms with Gasteiger partial charge in [-0.25, -0.2) is 14.0 Å². The summed E-state index contributed by atoms with van der Waals surface area (Å²) in [4.78, 5) is 32.3. The van der Waals surface area contributed by atoms with Crippen LogP contribution in [0.25, 0.3) is 0 Å². The predicted molar refractivity (Wildman–Crippen MR) is 94.6 cm³/mol. The number of carboxylic acids is 2. The van der Waals surface area contributed by atoms with Crippen LogP contribution in [0, 0.1) is 11.7 Å². The van der Waals surface area contributed by atoms with Crippen molar-refractivity contribution in [3.8, 4) is 0 Å². The Hall–Kier alpha value is -2.52. The number of amides is 1. The van der Waals surface area contributed by atoms with E-state index in [0.717, 1.165) is 31.7 Å². The minimum absolute atomic E-state index is 0.0115. The van der Waals surface area contributed by atoms with Crippen molar-refractivity contribution in [2.24, 2.45) is 5.92 Å². The van der Waals surface area contributed by atoms with E-state index < -0.39 is 11.9 Å². The highest BCUT2D eigenvalue weighted by Crippen LogP contribution is 2.16. The number of carbonyl (C=O) groups excluding carboxylic acids is 1. The summed E-state index contributed by atoms with van der Waals surface area (Å²) < 4.78 is 18.0. The lowest BCUT2D eigenvalue weighted by Gasteiger charge is -2.31. The Morgan fingerprint density at radius 2 is 1.85 bits per heavy atom. The Morgan fingerprint density at radius 1 is 1.22 bits per heavy atom. The van der Waals surface area contributed by atoms with Gasteiger partial charge >= 0.3 is 11.9 Å². The molecule has 0 saturated carbocycles. The summed E-state index contributed by atoms with van der Waals surface area (Å²) in [7, 11) is 1.72. The van der Waals surface area contributed by atoms with Gasteiger partial charge in [-0.2, -0.15) is 0 Å². The van der Waals surface area contributed by atoms with Gasteiger partial charge in [-0.15, -0.1) is 0 Å². The fraction of sp³-hybridized carbons (Fsp3) is 0.500. The smallest absolute Gasteiger partial charge is 0.414 e. The highest BCUT2D eigenvalue weighted by atomic mass is 19.1. The van der Waals surface area contributed by atoms with Gasteiger partial charge in [-0.3, -0.25) is 9.69 Å². The molecule has 3 N–H and O–H groups in total. The third-order valence-corrected chi connectivity index (χ3v) is 3.96. The number of rotatable bonds is 6. The molecule has 1 heterocycles. The molecule has 1 aliphatic heterocycles. The van der Waals surface area contributed by atoms with Crippen LogP contribution in [0.4, 0.5) is 4.39 Å². The first kappa shape index (κ1) is 22.5. The number of nitrogens with one attached hydrogen (secondary N) is 1. The van der Waals surface area contributed by atoms with Crippen LogP contribution in [0.1, 0.15) is 18.4 Å². The van der Waals surface area contributed by atoms with Crippen molar-refractivity contribution in [3.63, 3.8) is 0 Å². The molecule has 1 aliphatic rings. The minimum atomic E-state index is -1.82. The number of carboxylic acid groups (broad SMARTS) is 2. The van der Waals surface area contributed by atoms with E-state index in [4.69, 9.17) is 24.5 Å². The molecule has 0 aliphatic carbocycles. The quantitative estimate of drug-likeness (QED) is 0.626. The predicted octanol–water partition coefficient (Wildman–Crippen LogP) is 0.956. The average Bonchev–Trinajstić information content (AvgIpc) is 2.62. The van der Waals surface area contributed by atoms with E-state index in [1.165, 1.54) is 18.6 Å². The molecule has 1 saturated heterocycles. The van der Waals surface area contributed by atoms with Crippen LogP contribution in [-0.2, 0) is 25.7 Å². The summed E-state index contributed by atoms with van der Waals surface area (Å²) >= 11 is 0. The van der Waals surface area contributed by atoms with Crippen LogP contribution in [0.15, 0.2) is 24.3 Å². The molecule has 2 rings (SSSR count). The summed E-state index contributed by atoms with van der Waals surface area (Å²) in [5, 5.41) is 17.7. The van der Waals surface area contributed by atoms with E-state index in [2.05, 4.69) is 10.2 Å². The Morgan fingerprint density at radius 3 is 2.41 bits per heavy atom. The maximum absolute atomic E-state index is 12.8. The van der Waals surface area contributed by atoms with Crippen molar-refractivity contribution in [1.82, 2.24) is 10.2 Å². The molecule has 1 aromatic rings. The van der Waals surface area contributed by atoms with Crippen LogP contribution in [0.2, 0.25) is 0 Å². The summed E-state index contributed by atoms with van der Waals surface area (Å²) in [6.07, 6.45) is 2.28. The second-order valence-corrected chi connectivity index (χ2v) is 6.21. The van der Waals surface area contributed by atoms with Crippen LogP contribution in [-0.4, -0.2) is 66.3 Å². The van der Waals surface area contributed by atoms with Crippen LogP contribution in [0.3, 0.4) is 0 Å². The molecule has 9 heteroatoms. The van der Waals surface area contributed by atoms with Gasteiger partial charge < -0.3 is 20.3 Å². The van der Waals surface area contributed by atoms with Crippen molar-refractivity contribution in [2.75, 3.05) is 33.4 Å². The molecule has 27 heavy (non-hydrogen) atoms. The SMILES string of the molecule is COCC1CCCN(CC(=O)NCc2ccc(F)cc2)C1.O=C(O)C(=O)O. The monoisotopic (exact) mass is 384 g/mol. The Balaban J connectivity index is 0.000000527. The Labute approximate surface area is 156 Å². The lowest BCUT2D eigenvalue weighted by Crippen LogP contribution is -2.43. The molecule has 0 radical (unpaired) electrons. The van der Waals surface area contributed by atoms with Crippen molar-refractivity contribution in [3.05, 3.63) is 35.6 Å². The van der Waals surface area contributed by atoms with E-state index in [1.54, 1.807) is 19.2 Å². The number of carbonyl (C=O) groups is 3. The molecule has 150 valence electrons. The standard InChI is InChI=1S/C16H23FN2O2.C2H2O4/c1-21-12-14-3-2-8-19(10-14)11-16(20)18-9-13-4-6-15(17)7-5-13;3-1(4)2(5)6/h4-7,14H,2-3,8-12H2,1H3,(H,18,20);(H,3,4)(H,5,6). The number of aliphatic carboxylic acids is 2. The number of hydrogen-bond donors (Lipinski definition) is 3. The average molecular weight is 384 g/mol. The van der Waals surface area contributed by atoms with E-state index >= 15 is 0 Å².